The molecule has 0 radical (unpaired) electrons. The molecule has 88 valence electrons. The molecule has 2 fully saturated rings. The summed E-state index contributed by atoms with van der Waals surface area (Å²) in [5, 5.41) is 0. The van der Waals surface area contributed by atoms with E-state index in [1.165, 1.54) is 4.90 Å². The molecule has 0 bridgehead atoms. The molecule has 0 N–H and O–H groups in total. The molecule has 1 aromatic carbocycles. The molecular formula is C13H14N2O2. The molecule has 1 aromatic rings. The van der Waals surface area contributed by atoms with Crippen LogP contribution in [0.4, 0.5) is 10.5 Å². The van der Waals surface area contributed by atoms with Crippen molar-refractivity contribution in [3.63, 3.8) is 0 Å². The number of rotatable bonds is 2. The van der Waals surface area contributed by atoms with E-state index in [2.05, 4.69) is 0 Å². The third kappa shape index (κ3) is 1.69. The smallest absolute Gasteiger partial charge is 0.312 e. The average molecular weight is 230 g/mol. The van der Waals surface area contributed by atoms with E-state index >= 15 is 0 Å². The van der Waals surface area contributed by atoms with Crippen LogP contribution in [0.1, 0.15) is 18.4 Å². The quantitative estimate of drug-likeness (QED) is 0.728. The van der Waals surface area contributed by atoms with Gasteiger partial charge < -0.3 is 4.90 Å². The molecule has 2 aliphatic rings. The van der Waals surface area contributed by atoms with Crippen molar-refractivity contribution in [2.45, 2.75) is 25.8 Å². The number of nitrogens with zero attached hydrogens (tertiary/aromatic N) is 2. The summed E-state index contributed by atoms with van der Waals surface area (Å²) >= 11 is 0. The van der Waals surface area contributed by atoms with E-state index in [1.807, 2.05) is 25.1 Å². The third-order valence-electron chi connectivity index (χ3n) is 3.24. The molecule has 17 heavy (non-hydrogen) atoms. The van der Waals surface area contributed by atoms with Gasteiger partial charge in [0.1, 0.15) is 6.54 Å². The van der Waals surface area contributed by atoms with Crippen LogP contribution in [0.5, 0.6) is 0 Å². The molecule has 4 nitrogen and oxygen atoms in total. The number of carbonyl (C=O) groups is 2. The molecule has 0 aromatic heterocycles. The molecule has 0 spiro atoms. The number of urea groups is 1. The predicted octanol–water partition coefficient (Wildman–Crippen LogP) is 1.93. The van der Waals surface area contributed by atoms with Crippen LogP contribution in [0.15, 0.2) is 24.3 Å². The number of benzene rings is 1. The predicted molar refractivity (Wildman–Crippen MR) is 63.8 cm³/mol. The Morgan fingerprint density at radius 2 is 2.00 bits per heavy atom. The van der Waals surface area contributed by atoms with E-state index in [0.29, 0.717) is 11.7 Å². The third-order valence-corrected chi connectivity index (χ3v) is 3.24. The minimum atomic E-state index is -0.164. The van der Waals surface area contributed by atoms with E-state index in [9.17, 15) is 9.59 Å². The fraction of sp³-hybridized carbons (Fsp3) is 0.385. The highest BCUT2D eigenvalue weighted by molar-refractivity contribution is 6.20. The molecular weight excluding hydrogens is 216 g/mol. The zero-order valence-electron chi connectivity index (χ0n) is 9.72. The van der Waals surface area contributed by atoms with Gasteiger partial charge >= 0.3 is 6.03 Å². The summed E-state index contributed by atoms with van der Waals surface area (Å²) in [6.45, 7) is 2.19. The van der Waals surface area contributed by atoms with Crippen molar-refractivity contribution in [3.05, 3.63) is 29.8 Å². The van der Waals surface area contributed by atoms with E-state index < -0.39 is 0 Å². The van der Waals surface area contributed by atoms with Gasteiger partial charge in [-0.05, 0) is 37.5 Å². The van der Waals surface area contributed by atoms with Gasteiger partial charge in [0, 0.05) is 6.04 Å². The number of amides is 3. The van der Waals surface area contributed by atoms with E-state index in [0.717, 1.165) is 18.4 Å². The standard InChI is InChI=1S/C13H14N2O2/c1-9-3-2-4-11(7-9)15-12(16)8-14(13(15)17)10-5-6-10/h2-4,7,10H,5-6,8H2,1H3. The lowest BCUT2D eigenvalue weighted by Crippen LogP contribution is -2.34. The highest BCUT2D eigenvalue weighted by Crippen LogP contribution is 2.32. The lowest BCUT2D eigenvalue weighted by atomic mass is 10.2. The first-order chi connectivity index (χ1) is 8.16. The normalized spacial score (nSPS) is 20.3. The van der Waals surface area contributed by atoms with Crippen molar-refractivity contribution in [2.75, 3.05) is 11.4 Å². The van der Waals surface area contributed by atoms with E-state index in [1.54, 1.807) is 11.0 Å². The van der Waals surface area contributed by atoms with Crippen LogP contribution >= 0.6 is 0 Å². The van der Waals surface area contributed by atoms with Gasteiger partial charge in [-0.15, -0.1) is 0 Å². The first-order valence-corrected chi connectivity index (χ1v) is 5.87. The Balaban J connectivity index is 1.92. The second-order valence-corrected chi connectivity index (χ2v) is 4.71. The van der Waals surface area contributed by atoms with Crippen molar-refractivity contribution in [1.29, 1.82) is 0 Å². The molecule has 1 aliphatic carbocycles. The summed E-state index contributed by atoms with van der Waals surface area (Å²) in [6.07, 6.45) is 2.06. The van der Waals surface area contributed by atoms with Crippen LogP contribution in [0.2, 0.25) is 0 Å². The Kier molecular flexibility index (Phi) is 2.18. The molecule has 1 saturated carbocycles. The minimum Gasteiger partial charge on any atom is -0.312 e. The molecule has 4 heteroatoms. The molecule has 1 aliphatic heterocycles. The number of carbonyl (C=O) groups excluding carboxylic acids is 2. The maximum absolute atomic E-state index is 12.1. The number of hydrogen-bond donors (Lipinski definition) is 0. The zero-order valence-corrected chi connectivity index (χ0v) is 9.72. The monoisotopic (exact) mass is 230 g/mol. The van der Waals surface area contributed by atoms with Gasteiger partial charge in [0.15, 0.2) is 0 Å². The Morgan fingerprint density at radius 3 is 2.65 bits per heavy atom. The summed E-state index contributed by atoms with van der Waals surface area (Å²) in [4.78, 5) is 27.0. The van der Waals surface area contributed by atoms with Crippen LogP contribution in [-0.4, -0.2) is 29.4 Å². The lowest BCUT2D eigenvalue weighted by molar-refractivity contribution is -0.116. The average Bonchev–Trinajstić information content (AvgIpc) is 3.06. The first-order valence-electron chi connectivity index (χ1n) is 5.87. The van der Waals surface area contributed by atoms with E-state index in [-0.39, 0.29) is 18.5 Å². The second kappa shape index (κ2) is 3.58. The second-order valence-electron chi connectivity index (χ2n) is 4.71. The van der Waals surface area contributed by atoms with Gasteiger partial charge in [-0.2, -0.15) is 0 Å². The van der Waals surface area contributed by atoms with Crippen LogP contribution in [-0.2, 0) is 4.79 Å². The van der Waals surface area contributed by atoms with E-state index in [4.69, 9.17) is 0 Å². The molecule has 0 atom stereocenters. The zero-order chi connectivity index (χ0) is 12.0. The van der Waals surface area contributed by atoms with Gasteiger partial charge in [0.2, 0.25) is 0 Å². The molecule has 1 heterocycles. The van der Waals surface area contributed by atoms with Crippen molar-refractivity contribution in [1.82, 2.24) is 4.90 Å². The SMILES string of the molecule is Cc1cccc(N2C(=O)CN(C3CC3)C2=O)c1. The summed E-state index contributed by atoms with van der Waals surface area (Å²) in [6, 6.07) is 7.62. The minimum absolute atomic E-state index is 0.118. The Morgan fingerprint density at radius 1 is 1.24 bits per heavy atom. The molecule has 0 unspecified atom stereocenters. The summed E-state index contributed by atoms with van der Waals surface area (Å²) in [5.41, 5.74) is 1.73. The highest BCUT2D eigenvalue weighted by Gasteiger charge is 2.44. The van der Waals surface area contributed by atoms with Crippen molar-refractivity contribution >= 4 is 17.6 Å². The summed E-state index contributed by atoms with van der Waals surface area (Å²) in [7, 11) is 0. The van der Waals surface area contributed by atoms with Crippen molar-refractivity contribution in [2.24, 2.45) is 0 Å². The fourth-order valence-electron chi connectivity index (χ4n) is 2.21. The first kappa shape index (κ1) is 10.3. The molecule has 1 saturated heterocycles. The Labute approximate surface area is 99.8 Å². The van der Waals surface area contributed by atoms with Crippen LogP contribution in [0.25, 0.3) is 0 Å². The summed E-state index contributed by atoms with van der Waals surface area (Å²) < 4.78 is 0. The Hall–Kier alpha value is -1.84. The maximum Gasteiger partial charge on any atom is 0.332 e. The molecule has 3 amide bonds. The van der Waals surface area contributed by atoms with Gasteiger partial charge in [-0.25, -0.2) is 9.69 Å². The van der Waals surface area contributed by atoms with Gasteiger partial charge in [-0.3, -0.25) is 4.79 Å². The van der Waals surface area contributed by atoms with Gasteiger partial charge in [-0.1, -0.05) is 12.1 Å². The Bertz CT molecular complexity index is 494. The largest absolute Gasteiger partial charge is 0.332 e. The number of hydrogen-bond acceptors (Lipinski definition) is 2. The lowest BCUT2D eigenvalue weighted by Gasteiger charge is -2.16. The molecule has 3 rings (SSSR count). The maximum atomic E-state index is 12.1. The number of anilines is 1. The van der Waals surface area contributed by atoms with Gasteiger partial charge in [0.05, 0.1) is 5.69 Å². The van der Waals surface area contributed by atoms with Gasteiger partial charge in [0.25, 0.3) is 5.91 Å². The van der Waals surface area contributed by atoms with Crippen molar-refractivity contribution in [3.8, 4) is 0 Å². The van der Waals surface area contributed by atoms with Crippen LogP contribution in [0, 0.1) is 6.92 Å². The summed E-state index contributed by atoms with van der Waals surface area (Å²) in [5.74, 6) is -0.118. The number of aryl methyl sites for hydroxylation is 1. The fourth-order valence-corrected chi connectivity index (χ4v) is 2.21. The van der Waals surface area contributed by atoms with Crippen LogP contribution < -0.4 is 4.90 Å². The van der Waals surface area contributed by atoms with Crippen molar-refractivity contribution < 1.29 is 9.59 Å². The van der Waals surface area contributed by atoms with Crippen LogP contribution in [0.3, 0.4) is 0 Å². The topological polar surface area (TPSA) is 40.6 Å². The highest BCUT2D eigenvalue weighted by atomic mass is 16.2. The number of imide groups is 1.